The molecule has 1 heterocycles. The zero-order valence-corrected chi connectivity index (χ0v) is 13.7. The third kappa shape index (κ3) is 3.60. The van der Waals surface area contributed by atoms with E-state index in [2.05, 4.69) is 15.9 Å². The van der Waals surface area contributed by atoms with Crippen LogP contribution in [-0.2, 0) is 10.0 Å². The van der Waals surface area contributed by atoms with Gasteiger partial charge >= 0.3 is 6.18 Å². The average molecular weight is 386 g/mol. The van der Waals surface area contributed by atoms with E-state index in [0.29, 0.717) is 4.47 Å². The largest absolute Gasteiger partial charge is 0.391 e. The van der Waals surface area contributed by atoms with Crippen molar-refractivity contribution >= 4 is 26.0 Å². The Morgan fingerprint density at radius 1 is 1.24 bits per heavy atom. The molecule has 8 heteroatoms. The minimum absolute atomic E-state index is 0.0959. The summed E-state index contributed by atoms with van der Waals surface area (Å²) < 4.78 is 64.4. The molecule has 3 nitrogen and oxygen atoms in total. The first kappa shape index (κ1) is 16.8. The number of hydrogen-bond donors (Lipinski definition) is 0. The number of halogens is 4. The SMILES string of the molecule is Cc1ccc(S(=O)(=O)N2CCC(C(F)(F)F)CC2)c(Br)c1. The summed E-state index contributed by atoms with van der Waals surface area (Å²) in [6.45, 7) is 1.62. The second-order valence-corrected chi connectivity index (χ2v) is 7.91. The number of aryl methyl sites for hydroxylation is 1. The van der Waals surface area contributed by atoms with E-state index < -0.39 is 22.1 Å². The second-order valence-electron chi connectivity index (χ2n) is 5.15. The number of alkyl halides is 3. The van der Waals surface area contributed by atoms with Gasteiger partial charge in [-0.2, -0.15) is 17.5 Å². The van der Waals surface area contributed by atoms with Crippen LogP contribution in [0.25, 0.3) is 0 Å². The molecule has 1 fully saturated rings. The van der Waals surface area contributed by atoms with Crippen LogP contribution in [0, 0.1) is 12.8 Å². The molecule has 0 bridgehead atoms. The lowest BCUT2D eigenvalue weighted by Gasteiger charge is -2.32. The summed E-state index contributed by atoms with van der Waals surface area (Å²) in [7, 11) is -3.76. The molecule has 118 valence electrons. The summed E-state index contributed by atoms with van der Waals surface area (Å²) in [6.07, 6.45) is -4.63. The average Bonchev–Trinajstić information content (AvgIpc) is 2.37. The summed E-state index contributed by atoms with van der Waals surface area (Å²) in [5, 5.41) is 0. The van der Waals surface area contributed by atoms with Gasteiger partial charge in [0.1, 0.15) is 0 Å². The van der Waals surface area contributed by atoms with Gasteiger partial charge in [0, 0.05) is 17.6 Å². The lowest BCUT2D eigenvalue weighted by atomic mass is 9.98. The van der Waals surface area contributed by atoms with Crippen molar-refractivity contribution < 1.29 is 21.6 Å². The molecular formula is C13H15BrF3NO2S. The Balaban J connectivity index is 2.19. The maximum absolute atomic E-state index is 12.6. The highest BCUT2D eigenvalue weighted by molar-refractivity contribution is 9.10. The van der Waals surface area contributed by atoms with Crippen molar-refractivity contribution in [1.82, 2.24) is 4.31 Å². The molecule has 1 saturated heterocycles. The van der Waals surface area contributed by atoms with Crippen LogP contribution in [0.3, 0.4) is 0 Å². The fourth-order valence-electron chi connectivity index (χ4n) is 2.38. The van der Waals surface area contributed by atoms with Gasteiger partial charge in [-0.1, -0.05) is 6.07 Å². The van der Waals surface area contributed by atoms with Crippen molar-refractivity contribution in [2.24, 2.45) is 5.92 Å². The lowest BCUT2D eigenvalue weighted by Crippen LogP contribution is -2.42. The molecule has 0 aromatic heterocycles. The van der Waals surface area contributed by atoms with E-state index in [9.17, 15) is 21.6 Å². The number of piperidine rings is 1. The van der Waals surface area contributed by atoms with Crippen LogP contribution in [0.4, 0.5) is 13.2 Å². The summed E-state index contributed by atoms with van der Waals surface area (Å²) >= 11 is 3.21. The van der Waals surface area contributed by atoms with E-state index in [1.54, 1.807) is 12.1 Å². The minimum atomic E-state index is -4.25. The first-order chi connectivity index (χ1) is 9.62. The summed E-state index contributed by atoms with van der Waals surface area (Å²) in [5.74, 6) is -1.41. The molecule has 1 aliphatic rings. The molecule has 2 rings (SSSR count). The van der Waals surface area contributed by atoms with E-state index in [0.717, 1.165) is 9.87 Å². The number of nitrogens with zero attached hydrogens (tertiary/aromatic N) is 1. The molecular weight excluding hydrogens is 371 g/mol. The minimum Gasteiger partial charge on any atom is -0.207 e. The molecule has 0 saturated carbocycles. The van der Waals surface area contributed by atoms with Crippen LogP contribution in [0.5, 0.6) is 0 Å². The van der Waals surface area contributed by atoms with Gasteiger partial charge in [-0.05, 0) is 53.4 Å². The zero-order chi connectivity index (χ0) is 15.8. The Morgan fingerprint density at radius 2 is 1.81 bits per heavy atom. The van der Waals surface area contributed by atoms with Gasteiger partial charge in [0.2, 0.25) is 10.0 Å². The van der Waals surface area contributed by atoms with Gasteiger partial charge in [-0.3, -0.25) is 0 Å². The lowest BCUT2D eigenvalue weighted by molar-refractivity contribution is -0.182. The monoisotopic (exact) mass is 385 g/mol. The van der Waals surface area contributed by atoms with Crippen molar-refractivity contribution in [2.75, 3.05) is 13.1 Å². The number of sulfonamides is 1. The van der Waals surface area contributed by atoms with Gasteiger partial charge in [0.15, 0.2) is 0 Å². The van der Waals surface area contributed by atoms with Crippen LogP contribution in [-0.4, -0.2) is 32.0 Å². The molecule has 0 radical (unpaired) electrons. The zero-order valence-electron chi connectivity index (χ0n) is 11.3. The molecule has 1 aliphatic heterocycles. The molecule has 1 aromatic carbocycles. The molecule has 0 aliphatic carbocycles. The maximum atomic E-state index is 12.6. The van der Waals surface area contributed by atoms with E-state index in [1.807, 2.05) is 6.92 Å². The summed E-state index contributed by atoms with van der Waals surface area (Å²) in [4.78, 5) is 0.0959. The van der Waals surface area contributed by atoms with E-state index in [1.165, 1.54) is 6.07 Å². The van der Waals surface area contributed by atoms with Gasteiger partial charge in [-0.15, -0.1) is 0 Å². The highest BCUT2D eigenvalue weighted by atomic mass is 79.9. The summed E-state index contributed by atoms with van der Waals surface area (Å²) in [5.41, 5.74) is 0.900. The first-order valence-corrected chi connectivity index (χ1v) is 8.68. The van der Waals surface area contributed by atoms with Crippen molar-refractivity contribution in [3.8, 4) is 0 Å². The highest BCUT2D eigenvalue weighted by Gasteiger charge is 2.43. The van der Waals surface area contributed by atoms with Gasteiger partial charge in [0.25, 0.3) is 0 Å². The Bertz CT molecular complexity index is 623. The van der Waals surface area contributed by atoms with Crippen LogP contribution in [0.2, 0.25) is 0 Å². The normalized spacial score (nSPS) is 18.9. The van der Waals surface area contributed by atoms with Crippen molar-refractivity contribution in [1.29, 1.82) is 0 Å². The molecule has 21 heavy (non-hydrogen) atoms. The molecule has 0 N–H and O–H groups in total. The summed E-state index contributed by atoms with van der Waals surface area (Å²) in [6, 6.07) is 4.82. The standard InChI is InChI=1S/C13H15BrF3NO2S/c1-9-2-3-12(11(14)8-9)21(19,20)18-6-4-10(5-7-18)13(15,16)17/h2-3,8,10H,4-7H2,1H3. The predicted molar refractivity (Wildman–Crippen MR) is 76.4 cm³/mol. The third-order valence-corrected chi connectivity index (χ3v) is 6.50. The van der Waals surface area contributed by atoms with Crippen molar-refractivity contribution in [3.05, 3.63) is 28.2 Å². The van der Waals surface area contributed by atoms with Gasteiger partial charge in [-0.25, -0.2) is 8.42 Å². The fraction of sp³-hybridized carbons (Fsp3) is 0.538. The quantitative estimate of drug-likeness (QED) is 0.777. The van der Waals surface area contributed by atoms with E-state index in [-0.39, 0.29) is 30.8 Å². The fourth-order valence-corrected chi connectivity index (χ4v) is 5.00. The molecule has 0 spiro atoms. The Hall–Kier alpha value is -0.600. The Labute approximate surface area is 130 Å². The molecule has 0 amide bonds. The predicted octanol–water partition coefficient (Wildman–Crippen LogP) is 3.72. The van der Waals surface area contributed by atoms with Crippen LogP contribution in [0.1, 0.15) is 18.4 Å². The maximum Gasteiger partial charge on any atom is 0.391 e. The Kier molecular flexibility index (Phi) is 4.70. The van der Waals surface area contributed by atoms with Crippen LogP contribution in [0.15, 0.2) is 27.6 Å². The molecule has 0 unspecified atom stereocenters. The van der Waals surface area contributed by atoms with Crippen molar-refractivity contribution in [3.63, 3.8) is 0 Å². The topological polar surface area (TPSA) is 37.4 Å². The van der Waals surface area contributed by atoms with Crippen LogP contribution >= 0.6 is 15.9 Å². The van der Waals surface area contributed by atoms with Gasteiger partial charge in [0.05, 0.1) is 10.8 Å². The second kappa shape index (κ2) is 5.89. The smallest absolute Gasteiger partial charge is 0.207 e. The van der Waals surface area contributed by atoms with E-state index in [4.69, 9.17) is 0 Å². The molecule has 0 atom stereocenters. The van der Waals surface area contributed by atoms with Gasteiger partial charge < -0.3 is 0 Å². The first-order valence-electron chi connectivity index (χ1n) is 6.45. The molecule has 1 aromatic rings. The van der Waals surface area contributed by atoms with E-state index >= 15 is 0 Å². The number of hydrogen-bond acceptors (Lipinski definition) is 2. The number of rotatable bonds is 2. The van der Waals surface area contributed by atoms with Crippen LogP contribution < -0.4 is 0 Å². The number of benzene rings is 1. The Morgan fingerprint density at radius 3 is 2.29 bits per heavy atom. The third-order valence-electron chi connectivity index (χ3n) is 3.62. The van der Waals surface area contributed by atoms with Crippen molar-refractivity contribution in [2.45, 2.75) is 30.8 Å². The highest BCUT2D eigenvalue weighted by Crippen LogP contribution is 2.36.